The summed E-state index contributed by atoms with van der Waals surface area (Å²) in [6.45, 7) is -3.67. The Balaban J connectivity index is 0.000000267. The van der Waals surface area contributed by atoms with Crippen molar-refractivity contribution in [3.63, 3.8) is 0 Å². The van der Waals surface area contributed by atoms with Gasteiger partial charge in [0, 0.05) is 23.2 Å². The minimum absolute atomic E-state index is 0.999. The smallest absolute Gasteiger partial charge is 0.256 e. The fraction of sp³-hybridized carbons (Fsp3) is 0.0769. The lowest BCUT2D eigenvalue weighted by molar-refractivity contribution is 0.00819. The van der Waals surface area contributed by atoms with Crippen molar-refractivity contribution in [3.05, 3.63) is 48.8 Å². The second-order valence-electron chi connectivity index (χ2n) is 3.46. The molecule has 2 heterocycles. The number of nitrogens with zero attached hydrogens (tertiary/aromatic N) is 2. The Kier molecular flexibility index (Phi) is 3.72. The van der Waals surface area contributed by atoms with Crippen molar-refractivity contribution in [2.45, 2.75) is 6.68 Å². The van der Waals surface area contributed by atoms with Gasteiger partial charge in [-0.3, -0.25) is 9.97 Å². The molecule has 0 aliphatic carbocycles. The molecule has 0 aliphatic rings. The molecule has 2 aromatic heterocycles. The minimum atomic E-state index is -3.67. The number of hydrogen-bond donors (Lipinski definition) is 0. The van der Waals surface area contributed by atoms with E-state index in [1.807, 2.05) is 24.4 Å². The van der Waals surface area contributed by atoms with Crippen molar-refractivity contribution >= 4 is 21.8 Å². The Morgan fingerprint density at radius 2 is 1.50 bits per heavy atom. The fourth-order valence-corrected chi connectivity index (χ4v) is 1.70. The van der Waals surface area contributed by atoms with Gasteiger partial charge < -0.3 is 0 Å². The third kappa shape index (κ3) is 2.74. The van der Waals surface area contributed by atoms with Crippen LogP contribution >= 0.6 is 0 Å². The van der Waals surface area contributed by atoms with Crippen LogP contribution in [0.15, 0.2) is 48.8 Å². The number of halogens is 3. The summed E-state index contributed by atoms with van der Waals surface area (Å²) in [5.74, 6) is 0. The molecule has 0 spiro atoms. The first-order valence-corrected chi connectivity index (χ1v) is 5.19. The Bertz CT molecular complexity index is 598. The predicted octanol–water partition coefficient (Wildman–Crippen LogP) is 3.96. The summed E-state index contributed by atoms with van der Waals surface area (Å²) < 4.78 is 29.0. The lowest BCUT2D eigenvalue weighted by Crippen LogP contribution is -1.82. The summed E-state index contributed by atoms with van der Waals surface area (Å²) in [6, 6.07) is 12.1. The molecular weight excluding hydrogens is 241 g/mol. The predicted molar refractivity (Wildman–Crippen MR) is 64.2 cm³/mol. The van der Waals surface area contributed by atoms with E-state index in [4.69, 9.17) is 0 Å². The Morgan fingerprint density at radius 1 is 0.833 bits per heavy atom. The summed E-state index contributed by atoms with van der Waals surface area (Å²) in [5.41, 5.74) is 2.02. The molecule has 3 rings (SSSR count). The molecule has 92 valence electrons. The number of alkyl halides is 3. The molecule has 0 unspecified atom stereocenters. The second kappa shape index (κ2) is 5.44. The van der Waals surface area contributed by atoms with Gasteiger partial charge in [0.2, 0.25) is 0 Å². The van der Waals surface area contributed by atoms with Gasteiger partial charge in [-0.2, -0.15) is 13.2 Å². The van der Waals surface area contributed by atoms with E-state index in [0.29, 0.717) is 0 Å². The standard InChI is InChI=1S/C12H8N2.CHF3/c1-3-9-5-6-11-10(4-2-7-13-11)12(9)14-8-1;2-1(3)4/h1-8H;1H. The third-order valence-corrected chi connectivity index (χ3v) is 2.35. The van der Waals surface area contributed by atoms with E-state index in [1.165, 1.54) is 0 Å². The largest absolute Gasteiger partial charge is 0.379 e. The van der Waals surface area contributed by atoms with Crippen molar-refractivity contribution in [2.24, 2.45) is 0 Å². The van der Waals surface area contributed by atoms with E-state index in [2.05, 4.69) is 28.2 Å². The van der Waals surface area contributed by atoms with Crippen molar-refractivity contribution in [1.29, 1.82) is 0 Å². The van der Waals surface area contributed by atoms with Crippen LogP contribution in [-0.2, 0) is 0 Å². The lowest BCUT2D eigenvalue weighted by atomic mass is 10.1. The summed E-state index contributed by atoms with van der Waals surface area (Å²) >= 11 is 0. The van der Waals surface area contributed by atoms with Crippen LogP contribution < -0.4 is 0 Å². The van der Waals surface area contributed by atoms with Crippen LogP contribution in [0.25, 0.3) is 21.8 Å². The number of rotatable bonds is 0. The van der Waals surface area contributed by atoms with E-state index < -0.39 is 6.68 Å². The van der Waals surface area contributed by atoms with Crippen LogP contribution in [-0.4, -0.2) is 16.6 Å². The molecule has 0 aliphatic heterocycles. The minimum Gasteiger partial charge on any atom is -0.256 e. The second-order valence-corrected chi connectivity index (χ2v) is 3.46. The van der Waals surface area contributed by atoms with E-state index >= 15 is 0 Å². The first-order valence-electron chi connectivity index (χ1n) is 5.19. The maximum absolute atomic E-state index is 9.67. The number of pyridine rings is 2. The Hall–Kier alpha value is -2.17. The van der Waals surface area contributed by atoms with Gasteiger partial charge in [-0.15, -0.1) is 0 Å². The van der Waals surface area contributed by atoms with Gasteiger partial charge in [-0.05, 0) is 24.3 Å². The molecule has 0 bridgehead atoms. The molecule has 5 heteroatoms. The van der Waals surface area contributed by atoms with E-state index in [1.54, 1.807) is 6.20 Å². The Labute approximate surface area is 101 Å². The highest BCUT2D eigenvalue weighted by Gasteiger charge is 1.99. The summed E-state index contributed by atoms with van der Waals surface area (Å²) in [4.78, 5) is 8.66. The van der Waals surface area contributed by atoms with Crippen LogP contribution in [0.2, 0.25) is 0 Å². The molecule has 2 nitrogen and oxygen atoms in total. The van der Waals surface area contributed by atoms with Gasteiger partial charge in [0.15, 0.2) is 0 Å². The maximum atomic E-state index is 9.67. The zero-order chi connectivity index (χ0) is 13.0. The highest BCUT2D eigenvalue weighted by atomic mass is 19.4. The van der Waals surface area contributed by atoms with Crippen LogP contribution in [0, 0.1) is 0 Å². The van der Waals surface area contributed by atoms with Gasteiger partial charge in [0.1, 0.15) is 0 Å². The zero-order valence-electron chi connectivity index (χ0n) is 9.22. The van der Waals surface area contributed by atoms with Gasteiger partial charge in [-0.25, -0.2) is 0 Å². The average Bonchev–Trinajstić information content (AvgIpc) is 2.38. The topological polar surface area (TPSA) is 25.8 Å². The summed E-state index contributed by atoms with van der Waals surface area (Å²) in [6.07, 6.45) is 3.62. The van der Waals surface area contributed by atoms with Gasteiger partial charge in [0.25, 0.3) is 0 Å². The molecule has 1 aromatic carbocycles. The average molecular weight is 250 g/mol. The van der Waals surface area contributed by atoms with Crippen LogP contribution in [0.5, 0.6) is 0 Å². The first-order chi connectivity index (χ1) is 8.68. The van der Waals surface area contributed by atoms with Crippen LogP contribution in [0.3, 0.4) is 0 Å². The number of hydrogen-bond acceptors (Lipinski definition) is 2. The molecule has 0 amide bonds. The quantitative estimate of drug-likeness (QED) is 0.564. The maximum Gasteiger partial charge on any atom is 0.379 e. The molecule has 0 saturated carbocycles. The summed E-state index contributed by atoms with van der Waals surface area (Å²) in [7, 11) is 0. The fourth-order valence-electron chi connectivity index (χ4n) is 1.70. The van der Waals surface area contributed by atoms with Gasteiger partial charge in [0.05, 0.1) is 11.0 Å². The van der Waals surface area contributed by atoms with Crippen molar-refractivity contribution in [1.82, 2.24) is 9.97 Å². The molecular formula is C13H9F3N2. The number of aromatic nitrogens is 2. The van der Waals surface area contributed by atoms with Gasteiger partial charge in [-0.1, -0.05) is 12.1 Å². The monoisotopic (exact) mass is 250 g/mol. The van der Waals surface area contributed by atoms with Gasteiger partial charge >= 0.3 is 6.68 Å². The highest BCUT2D eigenvalue weighted by molar-refractivity contribution is 6.03. The zero-order valence-corrected chi connectivity index (χ0v) is 9.22. The Morgan fingerprint density at radius 3 is 2.28 bits per heavy atom. The highest BCUT2D eigenvalue weighted by Crippen LogP contribution is 2.20. The first kappa shape index (κ1) is 12.3. The molecule has 0 saturated heterocycles. The van der Waals surface area contributed by atoms with Crippen molar-refractivity contribution < 1.29 is 13.2 Å². The van der Waals surface area contributed by atoms with E-state index in [9.17, 15) is 13.2 Å². The van der Waals surface area contributed by atoms with Crippen molar-refractivity contribution in [3.8, 4) is 0 Å². The molecule has 3 aromatic rings. The molecule has 18 heavy (non-hydrogen) atoms. The van der Waals surface area contributed by atoms with E-state index in [-0.39, 0.29) is 0 Å². The molecule has 0 N–H and O–H groups in total. The van der Waals surface area contributed by atoms with Crippen molar-refractivity contribution in [2.75, 3.05) is 0 Å². The number of benzene rings is 1. The molecule has 0 atom stereocenters. The molecule has 0 radical (unpaired) electrons. The lowest BCUT2D eigenvalue weighted by Gasteiger charge is -2.00. The normalized spacial score (nSPS) is 10.4. The number of fused-ring (bicyclic) bond motifs is 3. The van der Waals surface area contributed by atoms with Crippen LogP contribution in [0.1, 0.15) is 0 Å². The van der Waals surface area contributed by atoms with E-state index in [0.717, 1.165) is 21.8 Å². The summed E-state index contributed by atoms with van der Waals surface area (Å²) in [5, 5.41) is 2.28. The molecule has 0 fully saturated rings. The third-order valence-electron chi connectivity index (χ3n) is 2.35. The van der Waals surface area contributed by atoms with Crippen LogP contribution in [0.4, 0.5) is 13.2 Å². The SMILES string of the molecule is FC(F)F.c1cnc2c(c1)ccc1ncccc12.